The van der Waals surface area contributed by atoms with Gasteiger partial charge in [-0.15, -0.1) is 5.10 Å². The first kappa shape index (κ1) is 22.0. The van der Waals surface area contributed by atoms with Crippen LogP contribution in [0.5, 0.6) is 0 Å². The molecule has 1 amide bonds. The number of nitrogens with zero attached hydrogens (tertiary/aromatic N) is 5. The summed E-state index contributed by atoms with van der Waals surface area (Å²) in [6, 6.07) is 6.00. The van der Waals surface area contributed by atoms with Gasteiger partial charge in [-0.2, -0.15) is 0 Å². The van der Waals surface area contributed by atoms with E-state index in [1.165, 1.54) is 12.1 Å². The quantitative estimate of drug-likeness (QED) is 0.698. The van der Waals surface area contributed by atoms with Crippen LogP contribution in [0, 0.1) is 0 Å². The summed E-state index contributed by atoms with van der Waals surface area (Å²) in [5.41, 5.74) is 0.609. The first-order valence-corrected chi connectivity index (χ1v) is 10.6. The summed E-state index contributed by atoms with van der Waals surface area (Å²) >= 11 is 0. The van der Waals surface area contributed by atoms with E-state index in [1.54, 1.807) is 28.8 Å². The highest BCUT2D eigenvalue weighted by Crippen LogP contribution is 2.19. The summed E-state index contributed by atoms with van der Waals surface area (Å²) < 4.78 is 24.5. The van der Waals surface area contributed by atoms with Gasteiger partial charge in [-0.05, 0) is 51.3 Å². The Bertz CT molecular complexity index is 919. The summed E-state index contributed by atoms with van der Waals surface area (Å²) in [6.45, 7) is 5.39. The maximum atomic E-state index is 12.7. The minimum absolute atomic E-state index is 0.0133. The number of rotatable bonds is 8. The Labute approximate surface area is 166 Å². The van der Waals surface area contributed by atoms with Crippen molar-refractivity contribution in [2.75, 3.05) is 34.2 Å². The summed E-state index contributed by atoms with van der Waals surface area (Å²) in [5, 5.41) is 9.52. The summed E-state index contributed by atoms with van der Waals surface area (Å²) in [4.78, 5) is 20.8. The molecule has 1 aromatic heterocycles. The number of sulfonamides is 1. The minimum atomic E-state index is -3.77. The average molecular weight is 409 g/mol. The van der Waals surface area contributed by atoms with Crippen molar-refractivity contribution >= 4 is 15.9 Å². The third kappa shape index (κ3) is 5.37. The summed E-state index contributed by atoms with van der Waals surface area (Å²) in [6.07, 6.45) is 0.849. The molecule has 0 bridgehead atoms. The predicted molar refractivity (Wildman–Crippen MR) is 107 cm³/mol. The highest BCUT2D eigenvalue weighted by molar-refractivity contribution is 7.89. The molecule has 0 aliphatic carbocycles. The molecule has 0 atom stereocenters. The van der Waals surface area contributed by atoms with Crippen LogP contribution in [0.1, 0.15) is 42.6 Å². The molecule has 0 saturated heterocycles. The number of nitrogens with two attached hydrogens (primary N) is 1. The lowest BCUT2D eigenvalue weighted by atomic mass is 10.2. The van der Waals surface area contributed by atoms with Crippen molar-refractivity contribution in [2.24, 2.45) is 5.14 Å². The lowest BCUT2D eigenvalue weighted by Crippen LogP contribution is -2.30. The van der Waals surface area contributed by atoms with E-state index in [-0.39, 0.29) is 22.5 Å². The Kier molecular flexibility index (Phi) is 6.91. The second-order valence-electron chi connectivity index (χ2n) is 7.28. The van der Waals surface area contributed by atoms with Crippen LogP contribution in [-0.4, -0.2) is 73.1 Å². The first-order chi connectivity index (χ1) is 13.0. The molecule has 10 heteroatoms. The van der Waals surface area contributed by atoms with Crippen LogP contribution < -0.4 is 5.14 Å². The Hall–Kier alpha value is -2.30. The van der Waals surface area contributed by atoms with Crippen molar-refractivity contribution in [3.8, 4) is 5.69 Å². The molecule has 2 N–H and O–H groups in total. The second kappa shape index (κ2) is 8.80. The van der Waals surface area contributed by atoms with Gasteiger partial charge in [0.1, 0.15) is 5.82 Å². The van der Waals surface area contributed by atoms with Gasteiger partial charge in [0, 0.05) is 19.5 Å². The average Bonchev–Trinajstić information content (AvgIpc) is 3.05. The molecule has 2 rings (SSSR count). The molecule has 1 heterocycles. The van der Waals surface area contributed by atoms with Gasteiger partial charge in [0.25, 0.3) is 5.91 Å². The molecule has 1 aromatic carbocycles. The molecule has 2 aromatic rings. The summed E-state index contributed by atoms with van der Waals surface area (Å²) in [7, 11) is 1.93. The van der Waals surface area contributed by atoms with Crippen LogP contribution in [0.25, 0.3) is 5.69 Å². The monoisotopic (exact) mass is 408 g/mol. The number of carbonyl (C=O) groups excluding carboxylic acids is 1. The van der Waals surface area contributed by atoms with Crippen molar-refractivity contribution in [3.63, 3.8) is 0 Å². The zero-order valence-corrected chi connectivity index (χ0v) is 17.8. The first-order valence-electron chi connectivity index (χ1n) is 9.01. The zero-order chi connectivity index (χ0) is 21.1. The van der Waals surface area contributed by atoms with Crippen molar-refractivity contribution in [1.82, 2.24) is 24.6 Å². The van der Waals surface area contributed by atoms with Gasteiger partial charge in [0.2, 0.25) is 15.8 Å². The molecule has 0 radical (unpaired) electrons. The third-order valence-corrected chi connectivity index (χ3v) is 5.12. The van der Waals surface area contributed by atoms with Gasteiger partial charge in [-0.1, -0.05) is 13.8 Å². The number of amides is 1. The Morgan fingerprint density at radius 3 is 2.25 bits per heavy atom. The van der Waals surface area contributed by atoms with Crippen LogP contribution in [0.3, 0.4) is 0 Å². The van der Waals surface area contributed by atoms with Crippen LogP contribution in [0.15, 0.2) is 29.2 Å². The lowest BCUT2D eigenvalue weighted by Gasteiger charge is -2.16. The molecule has 9 nitrogen and oxygen atoms in total. The SMILES string of the molecule is CC(C)c1nc(C(=O)N(C)CCCN(C)C)nn1-c1ccc(S(N)(=O)=O)cc1. The molecule has 28 heavy (non-hydrogen) atoms. The van der Waals surface area contributed by atoms with E-state index < -0.39 is 10.0 Å². The molecule has 0 fully saturated rings. The molecular formula is C18H28N6O3S. The largest absolute Gasteiger partial charge is 0.339 e. The maximum absolute atomic E-state index is 12.7. The Balaban J connectivity index is 2.29. The standard InChI is InChI=1S/C18H28N6O3S/c1-13(2)17-20-16(18(25)23(5)12-6-11-22(3)4)21-24(17)14-7-9-15(10-8-14)28(19,26)27/h7-10,13H,6,11-12H2,1-5H3,(H2,19,26,27). The smallest absolute Gasteiger partial charge is 0.293 e. The molecule has 0 unspecified atom stereocenters. The van der Waals surface area contributed by atoms with Crippen LogP contribution in [0.2, 0.25) is 0 Å². The van der Waals surface area contributed by atoms with E-state index in [0.29, 0.717) is 18.1 Å². The fourth-order valence-electron chi connectivity index (χ4n) is 2.65. The molecule has 0 aliphatic heterocycles. The van der Waals surface area contributed by atoms with E-state index in [4.69, 9.17) is 5.14 Å². The zero-order valence-electron chi connectivity index (χ0n) is 17.0. The van der Waals surface area contributed by atoms with Crippen LogP contribution in [0.4, 0.5) is 0 Å². The fourth-order valence-corrected chi connectivity index (χ4v) is 3.17. The number of primary sulfonamides is 1. The number of carbonyl (C=O) groups is 1. The van der Waals surface area contributed by atoms with E-state index in [0.717, 1.165) is 13.0 Å². The summed E-state index contributed by atoms with van der Waals surface area (Å²) in [5.74, 6) is 0.506. The molecule has 0 saturated carbocycles. The highest BCUT2D eigenvalue weighted by Gasteiger charge is 2.22. The molecular weight excluding hydrogens is 380 g/mol. The number of benzene rings is 1. The fraction of sp³-hybridized carbons (Fsp3) is 0.500. The molecule has 0 spiro atoms. The highest BCUT2D eigenvalue weighted by atomic mass is 32.2. The van der Waals surface area contributed by atoms with Crippen molar-refractivity contribution < 1.29 is 13.2 Å². The molecule has 154 valence electrons. The van der Waals surface area contributed by atoms with Gasteiger partial charge >= 0.3 is 0 Å². The van der Waals surface area contributed by atoms with Crippen molar-refractivity contribution in [2.45, 2.75) is 31.1 Å². The van der Waals surface area contributed by atoms with Gasteiger partial charge in [0.05, 0.1) is 10.6 Å². The Morgan fingerprint density at radius 2 is 1.75 bits per heavy atom. The lowest BCUT2D eigenvalue weighted by molar-refractivity contribution is 0.0778. The van der Waals surface area contributed by atoms with Gasteiger partial charge < -0.3 is 9.80 Å². The second-order valence-corrected chi connectivity index (χ2v) is 8.84. The van der Waals surface area contributed by atoms with E-state index >= 15 is 0 Å². The van der Waals surface area contributed by atoms with Crippen molar-refractivity contribution in [1.29, 1.82) is 0 Å². The Morgan fingerprint density at radius 1 is 1.14 bits per heavy atom. The van der Waals surface area contributed by atoms with Crippen molar-refractivity contribution in [3.05, 3.63) is 35.9 Å². The number of hydrogen-bond acceptors (Lipinski definition) is 6. The van der Waals surface area contributed by atoms with Crippen LogP contribution in [-0.2, 0) is 10.0 Å². The van der Waals surface area contributed by atoms with Gasteiger partial charge in [0.15, 0.2) is 0 Å². The number of aromatic nitrogens is 3. The van der Waals surface area contributed by atoms with E-state index in [1.807, 2.05) is 27.9 Å². The van der Waals surface area contributed by atoms with E-state index in [2.05, 4.69) is 15.0 Å². The normalized spacial score (nSPS) is 12.0. The van der Waals surface area contributed by atoms with Gasteiger partial charge in [-0.25, -0.2) is 23.2 Å². The van der Waals surface area contributed by atoms with Gasteiger partial charge in [-0.3, -0.25) is 4.79 Å². The van der Waals surface area contributed by atoms with Crippen LogP contribution >= 0.6 is 0 Å². The number of hydrogen-bond donors (Lipinski definition) is 1. The predicted octanol–water partition coefficient (Wildman–Crippen LogP) is 1.06. The topological polar surface area (TPSA) is 114 Å². The third-order valence-electron chi connectivity index (χ3n) is 4.20. The minimum Gasteiger partial charge on any atom is -0.339 e. The maximum Gasteiger partial charge on any atom is 0.293 e. The molecule has 0 aliphatic rings. The van der Waals surface area contributed by atoms with E-state index in [9.17, 15) is 13.2 Å².